The zero-order valence-electron chi connectivity index (χ0n) is 20.4. The van der Waals surface area contributed by atoms with Gasteiger partial charge in [-0.15, -0.1) is 0 Å². The lowest BCUT2D eigenvalue weighted by Gasteiger charge is -2.40. The minimum atomic E-state index is 0.257. The molecule has 1 saturated heterocycles. The van der Waals surface area contributed by atoms with Crippen molar-refractivity contribution in [3.63, 3.8) is 0 Å². The van der Waals surface area contributed by atoms with Crippen LogP contribution in [0.1, 0.15) is 17.2 Å². The van der Waals surface area contributed by atoms with Gasteiger partial charge in [-0.3, -0.25) is 14.8 Å². The van der Waals surface area contributed by atoms with Crippen molar-refractivity contribution in [1.82, 2.24) is 20.1 Å². The molecule has 35 heavy (non-hydrogen) atoms. The number of pyridine rings is 1. The number of piperazine rings is 1. The molecule has 0 aliphatic carbocycles. The largest absolute Gasteiger partial charge is 0.491 e. The molecule has 2 heterocycles. The van der Waals surface area contributed by atoms with Crippen LogP contribution in [0.25, 0.3) is 10.9 Å². The fourth-order valence-corrected chi connectivity index (χ4v) is 5.02. The zero-order chi connectivity index (χ0) is 23.9. The third kappa shape index (κ3) is 5.70. The fraction of sp³-hybridized carbons (Fsp3) is 0.300. The molecule has 1 aliphatic rings. The van der Waals surface area contributed by atoms with Crippen LogP contribution in [-0.4, -0.2) is 67.2 Å². The van der Waals surface area contributed by atoms with E-state index in [1.165, 1.54) is 11.1 Å². The average Bonchev–Trinajstić information content (AvgIpc) is 2.93. The molecule has 5 rings (SSSR count). The first-order valence-electron chi connectivity index (χ1n) is 12.5. The lowest BCUT2D eigenvalue weighted by Crippen LogP contribution is -2.52. The van der Waals surface area contributed by atoms with Crippen molar-refractivity contribution in [2.24, 2.45) is 0 Å². The molecule has 0 saturated carbocycles. The summed E-state index contributed by atoms with van der Waals surface area (Å²) in [5, 5.41) is 4.52. The standard InChI is InChI=1S/C30H34N4O/c1-31-26(23-35-29-16-8-15-28-27(29)14-9-17-32-28)22-33-18-20-34(21-19-33)30(24-10-4-2-5-11-24)25-12-6-3-7-13-25/h2-17,26,30-31H,18-23H2,1H3. The van der Waals surface area contributed by atoms with E-state index in [0.717, 1.165) is 49.4 Å². The summed E-state index contributed by atoms with van der Waals surface area (Å²) in [6.45, 7) is 5.77. The van der Waals surface area contributed by atoms with Crippen molar-refractivity contribution in [2.75, 3.05) is 46.4 Å². The Hall–Kier alpha value is -3.25. The number of benzene rings is 3. The Morgan fingerprint density at radius 2 is 1.49 bits per heavy atom. The van der Waals surface area contributed by atoms with Gasteiger partial charge in [-0.1, -0.05) is 66.7 Å². The summed E-state index contributed by atoms with van der Waals surface area (Å²) in [5.74, 6) is 0.897. The predicted octanol–water partition coefficient (Wildman–Crippen LogP) is 4.61. The average molecular weight is 467 g/mol. The van der Waals surface area contributed by atoms with Crippen LogP contribution >= 0.6 is 0 Å². The lowest BCUT2D eigenvalue weighted by atomic mass is 9.96. The SMILES string of the molecule is CNC(COc1cccc2ncccc12)CN1CCN(C(c2ccccc2)c2ccccc2)CC1. The minimum Gasteiger partial charge on any atom is -0.491 e. The molecule has 4 aromatic rings. The number of fused-ring (bicyclic) bond motifs is 1. The van der Waals surface area contributed by atoms with Gasteiger partial charge >= 0.3 is 0 Å². The molecule has 0 amide bonds. The Morgan fingerprint density at radius 1 is 0.800 bits per heavy atom. The maximum Gasteiger partial charge on any atom is 0.128 e. The topological polar surface area (TPSA) is 40.6 Å². The summed E-state index contributed by atoms with van der Waals surface area (Å²) in [6, 6.07) is 32.4. The summed E-state index contributed by atoms with van der Waals surface area (Å²) in [7, 11) is 2.02. The number of rotatable bonds is 9. The third-order valence-electron chi connectivity index (χ3n) is 6.94. The Bertz CT molecular complexity index is 1150. The Labute approximate surface area is 208 Å². The second-order valence-corrected chi connectivity index (χ2v) is 9.18. The number of hydrogen-bond acceptors (Lipinski definition) is 5. The number of nitrogens with zero attached hydrogens (tertiary/aromatic N) is 3. The molecular formula is C30H34N4O. The smallest absolute Gasteiger partial charge is 0.128 e. The highest BCUT2D eigenvalue weighted by atomic mass is 16.5. The van der Waals surface area contributed by atoms with Crippen LogP contribution in [0.4, 0.5) is 0 Å². The number of ether oxygens (including phenoxy) is 1. The van der Waals surface area contributed by atoms with E-state index in [1.54, 1.807) is 0 Å². The number of hydrogen-bond donors (Lipinski definition) is 1. The van der Waals surface area contributed by atoms with Crippen molar-refractivity contribution in [1.29, 1.82) is 0 Å². The Morgan fingerprint density at radius 3 is 2.14 bits per heavy atom. The molecule has 5 heteroatoms. The van der Waals surface area contributed by atoms with Crippen molar-refractivity contribution in [3.05, 3.63) is 108 Å². The maximum atomic E-state index is 6.25. The van der Waals surface area contributed by atoms with Crippen LogP contribution in [-0.2, 0) is 0 Å². The van der Waals surface area contributed by atoms with E-state index in [0.29, 0.717) is 12.6 Å². The number of aromatic nitrogens is 1. The van der Waals surface area contributed by atoms with Crippen LogP contribution in [0.3, 0.4) is 0 Å². The molecule has 1 fully saturated rings. The molecule has 0 spiro atoms. The van der Waals surface area contributed by atoms with E-state index in [4.69, 9.17) is 4.74 Å². The zero-order valence-corrected chi connectivity index (χ0v) is 20.4. The van der Waals surface area contributed by atoms with Gasteiger partial charge in [0.15, 0.2) is 0 Å². The van der Waals surface area contributed by atoms with E-state index < -0.39 is 0 Å². The Balaban J connectivity index is 1.20. The minimum absolute atomic E-state index is 0.257. The third-order valence-corrected chi connectivity index (χ3v) is 6.94. The Kier molecular flexibility index (Phi) is 7.69. The van der Waals surface area contributed by atoms with E-state index in [-0.39, 0.29) is 6.04 Å². The molecule has 1 atom stereocenters. The second-order valence-electron chi connectivity index (χ2n) is 9.18. The van der Waals surface area contributed by atoms with Gasteiger partial charge in [-0.05, 0) is 42.4 Å². The molecule has 0 bridgehead atoms. The van der Waals surface area contributed by atoms with Gasteiger partial charge in [0.25, 0.3) is 0 Å². The van der Waals surface area contributed by atoms with E-state index in [2.05, 4.69) is 86.8 Å². The van der Waals surface area contributed by atoms with Gasteiger partial charge in [0.05, 0.1) is 17.6 Å². The predicted molar refractivity (Wildman–Crippen MR) is 143 cm³/mol. The molecule has 1 unspecified atom stereocenters. The number of likely N-dealkylation sites (N-methyl/N-ethyl adjacent to an activating group) is 1. The van der Waals surface area contributed by atoms with Crippen LogP contribution in [0.2, 0.25) is 0 Å². The molecular weight excluding hydrogens is 432 g/mol. The van der Waals surface area contributed by atoms with Gasteiger partial charge < -0.3 is 10.1 Å². The lowest BCUT2D eigenvalue weighted by molar-refractivity contribution is 0.0960. The molecule has 0 radical (unpaired) electrons. The summed E-state index contributed by atoms with van der Waals surface area (Å²) in [6.07, 6.45) is 1.82. The molecule has 1 aromatic heterocycles. The van der Waals surface area contributed by atoms with Gasteiger partial charge in [-0.2, -0.15) is 0 Å². The van der Waals surface area contributed by atoms with Crippen LogP contribution in [0.15, 0.2) is 97.2 Å². The highest BCUT2D eigenvalue weighted by molar-refractivity contribution is 5.84. The molecule has 1 aliphatic heterocycles. The summed E-state index contributed by atoms with van der Waals surface area (Å²) in [4.78, 5) is 9.61. The van der Waals surface area contributed by atoms with Gasteiger partial charge in [-0.25, -0.2) is 0 Å². The molecule has 5 nitrogen and oxygen atoms in total. The van der Waals surface area contributed by atoms with E-state index in [1.807, 2.05) is 37.5 Å². The maximum absolute atomic E-state index is 6.25. The monoisotopic (exact) mass is 466 g/mol. The first-order chi connectivity index (χ1) is 17.3. The quantitative estimate of drug-likeness (QED) is 0.390. The highest BCUT2D eigenvalue weighted by Crippen LogP contribution is 2.29. The normalized spacial score (nSPS) is 15.9. The van der Waals surface area contributed by atoms with Gasteiger partial charge in [0, 0.05) is 44.3 Å². The van der Waals surface area contributed by atoms with Crippen molar-refractivity contribution in [3.8, 4) is 5.75 Å². The van der Waals surface area contributed by atoms with Crippen LogP contribution in [0, 0.1) is 0 Å². The molecule has 180 valence electrons. The first-order valence-corrected chi connectivity index (χ1v) is 12.5. The van der Waals surface area contributed by atoms with E-state index >= 15 is 0 Å². The fourth-order valence-electron chi connectivity index (χ4n) is 5.02. The van der Waals surface area contributed by atoms with Crippen molar-refractivity contribution < 1.29 is 4.74 Å². The van der Waals surface area contributed by atoms with Crippen molar-refractivity contribution >= 4 is 10.9 Å². The molecule has 3 aromatic carbocycles. The summed E-state index contributed by atoms with van der Waals surface area (Å²) >= 11 is 0. The second kappa shape index (κ2) is 11.5. The van der Waals surface area contributed by atoms with E-state index in [9.17, 15) is 0 Å². The first kappa shape index (κ1) is 23.5. The summed E-state index contributed by atoms with van der Waals surface area (Å²) in [5.41, 5.74) is 3.69. The summed E-state index contributed by atoms with van der Waals surface area (Å²) < 4.78 is 6.25. The van der Waals surface area contributed by atoms with Crippen LogP contribution in [0.5, 0.6) is 5.75 Å². The van der Waals surface area contributed by atoms with Crippen molar-refractivity contribution in [2.45, 2.75) is 12.1 Å². The number of nitrogens with one attached hydrogen (secondary N) is 1. The van der Waals surface area contributed by atoms with Gasteiger partial charge in [0.1, 0.15) is 12.4 Å². The van der Waals surface area contributed by atoms with Gasteiger partial charge in [0.2, 0.25) is 0 Å². The van der Waals surface area contributed by atoms with Crippen LogP contribution < -0.4 is 10.1 Å². The molecule has 1 N–H and O–H groups in total. The highest BCUT2D eigenvalue weighted by Gasteiger charge is 2.27.